The second-order valence-corrected chi connectivity index (χ2v) is 12.3. The monoisotopic (exact) mass is 606 g/mol. The summed E-state index contributed by atoms with van der Waals surface area (Å²) in [5.41, 5.74) is 4.57. The molecule has 4 aromatic carbocycles. The van der Waals surface area contributed by atoms with Crippen molar-refractivity contribution in [3.8, 4) is 17.2 Å². The van der Waals surface area contributed by atoms with Crippen molar-refractivity contribution in [2.24, 2.45) is 0 Å². The molecule has 2 aliphatic heterocycles. The number of piperidine rings is 2. The quantitative estimate of drug-likeness (QED) is 0.183. The lowest BCUT2D eigenvalue weighted by Gasteiger charge is -2.44. The number of aryl methyl sites for hydroxylation is 1. The lowest BCUT2D eigenvalue weighted by atomic mass is 9.84. The Labute approximate surface area is 266 Å². The summed E-state index contributed by atoms with van der Waals surface area (Å²) in [5.74, 6) is 2.19. The van der Waals surface area contributed by atoms with Gasteiger partial charge in [-0.1, -0.05) is 72.8 Å². The normalized spacial score (nSPS) is 20.9. The number of benzene rings is 4. The molecule has 4 aromatic rings. The molecule has 2 fully saturated rings. The van der Waals surface area contributed by atoms with Crippen molar-refractivity contribution in [3.05, 3.63) is 125 Å². The zero-order valence-corrected chi connectivity index (χ0v) is 26.2. The van der Waals surface area contributed by atoms with E-state index in [1.54, 1.807) is 12.0 Å². The number of carbonyl (C=O) groups excluding carboxylic acids is 1. The molecule has 2 aliphatic rings. The maximum absolute atomic E-state index is 13.1. The fourth-order valence-corrected chi connectivity index (χ4v) is 6.85. The fraction of sp³-hybridized carbons (Fsp3) is 0.359. The summed E-state index contributed by atoms with van der Waals surface area (Å²) >= 11 is 0. The number of carbonyl (C=O) groups is 1. The van der Waals surface area contributed by atoms with E-state index in [-0.39, 0.29) is 18.1 Å². The van der Waals surface area contributed by atoms with E-state index < -0.39 is 0 Å². The summed E-state index contributed by atoms with van der Waals surface area (Å²) in [4.78, 5) is 14.7. The second-order valence-electron chi connectivity index (χ2n) is 12.3. The molecule has 6 rings (SSSR count). The predicted molar refractivity (Wildman–Crippen MR) is 175 cm³/mol. The van der Waals surface area contributed by atoms with Gasteiger partial charge >= 0.3 is 5.97 Å². The number of nitrogens with one attached hydrogen (secondary N) is 1. The highest BCUT2D eigenvalue weighted by Crippen LogP contribution is 2.34. The van der Waals surface area contributed by atoms with Crippen LogP contribution in [0.5, 0.6) is 17.2 Å². The molecule has 1 N–H and O–H groups in total. The van der Waals surface area contributed by atoms with Crippen LogP contribution in [0.4, 0.5) is 0 Å². The molecular formula is C39H44NO5+. The average Bonchev–Trinajstić information content (AvgIpc) is 3.10. The molecule has 0 saturated carbocycles. The molecule has 45 heavy (non-hydrogen) atoms. The molecule has 4 atom stereocenters. The molecule has 234 valence electrons. The number of fused-ring (bicyclic) bond motifs is 1. The molecule has 0 bridgehead atoms. The van der Waals surface area contributed by atoms with Gasteiger partial charge in [-0.15, -0.1) is 0 Å². The van der Waals surface area contributed by atoms with E-state index in [1.807, 2.05) is 66.7 Å². The van der Waals surface area contributed by atoms with Crippen LogP contribution in [0.25, 0.3) is 0 Å². The summed E-state index contributed by atoms with van der Waals surface area (Å²) in [6.07, 6.45) is 6.32. The lowest BCUT2D eigenvalue weighted by Crippen LogP contribution is -3.18. The Morgan fingerprint density at radius 2 is 1.47 bits per heavy atom. The van der Waals surface area contributed by atoms with Crippen LogP contribution >= 0.6 is 0 Å². The van der Waals surface area contributed by atoms with Gasteiger partial charge in [0.15, 0.2) is 11.5 Å². The van der Waals surface area contributed by atoms with Crippen LogP contribution in [-0.2, 0) is 29.2 Å². The third-order valence-electron chi connectivity index (χ3n) is 9.20. The Kier molecular flexibility index (Phi) is 10.3. The van der Waals surface area contributed by atoms with Crippen molar-refractivity contribution in [3.63, 3.8) is 0 Å². The Bertz CT molecular complexity index is 1510. The number of esters is 1. The lowest BCUT2D eigenvalue weighted by molar-refractivity contribution is -0.967. The minimum atomic E-state index is -0.121. The van der Waals surface area contributed by atoms with Gasteiger partial charge in [0.1, 0.15) is 31.1 Å². The fourth-order valence-electron chi connectivity index (χ4n) is 6.85. The molecule has 6 nitrogen and oxygen atoms in total. The number of ether oxygens (including phenoxy) is 4. The van der Waals surface area contributed by atoms with Gasteiger partial charge in [0.05, 0.1) is 19.7 Å². The van der Waals surface area contributed by atoms with Crippen molar-refractivity contribution in [2.75, 3.05) is 13.7 Å². The number of rotatable bonds is 12. The molecule has 0 amide bonds. The first-order chi connectivity index (χ1) is 22.1. The Morgan fingerprint density at radius 1 is 0.756 bits per heavy atom. The SMILES string of the molecule is COc1ccc([C@@H]2C[C@H](OC(=O)CCc3ccc(OCc4ccccc4)cc3)C[C@H]3CCCC[NH+]32)cc1OCc1ccccc1. The molecule has 1 unspecified atom stereocenters. The van der Waals surface area contributed by atoms with E-state index in [0.717, 1.165) is 53.3 Å². The number of hydrogen-bond donors (Lipinski definition) is 1. The molecule has 2 heterocycles. The highest BCUT2D eigenvalue weighted by Gasteiger charge is 2.42. The van der Waals surface area contributed by atoms with Gasteiger partial charge in [-0.2, -0.15) is 0 Å². The molecule has 0 aliphatic carbocycles. The largest absolute Gasteiger partial charge is 0.493 e. The minimum absolute atomic E-state index is 0.0844. The Morgan fingerprint density at radius 3 is 2.18 bits per heavy atom. The van der Waals surface area contributed by atoms with Crippen molar-refractivity contribution in [1.82, 2.24) is 0 Å². The summed E-state index contributed by atoms with van der Waals surface area (Å²) in [7, 11) is 1.68. The van der Waals surface area contributed by atoms with Gasteiger partial charge in [-0.3, -0.25) is 4.79 Å². The molecule has 6 heteroatoms. The van der Waals surface area contributed by atoms with Crippen LogP contribution in [0.3, 0.4) is 0 Å². The Hall–Kier alpha value is -4.29. The topological polar surface area (TPSA) is 58.4 Å². The number of methoxy groups -OCH3 is 1. The highest BCUT2D eigenvalue weighted by molar-refractivity contribution is 5.70. The molecule has 0 aromatic heterocycles. The summed E-state index contributed by atoms with van der Waals surface area (Å²) in [6.45, 7) is 2.16. The van der Waals surface area contributed by atoms with Crippen molar-refractivity contribution >= 4 is 5.97 Å². The first kappa shape index (κ1) is 30.7. The van der Waals surface area contributed by atoms with E-state index in [4.69, 9.17) is 18.9 Å². The molecule has 0 spiro atoms. The molecular weight excluding hydrogens is 562 g/mol. The number of hydrogen-bond acceptors (Lipinski definition) is 5. The average molecular weight is 607 g/mol. The number of quaternary nitrogens is 1. The van der Waals surface area contributed by atoms with Gasteiger partial charge in [0.25, 0.3) is 0 Å². The minimum Gasteiger partial charge on any atom is -0.493 e. The van der Waals surface area contributed by atoms with Crippen LogP contribution in [0.1, 0.15) is 66.8 Å². The van der Waals surface area contributed by atoms with E-state index >= 15 is 0 Å². The van der Waals surface area contributed by atoms with Gasteiger partial charge in [0.2, 0.25) is 0 Å². The van der Waals surface area contributed by atoms with Crippen LogP contribution in [0, 0.1) is 0 Å². The smallest absolute Gasteiger partial charge is 0.306 e. The zero-order chi connectivity index (χ0) is 30.8. The van der Waals surface area contributed by atoms with E-state index in [9.17, 15) is 4.79 Å². The van der Waals surface area contributed by atoms with Gasteiger partial charge in [0, 0.05) is 24.8 Å². The second kappa shape index (κ2) is 15.1. The standard InChI is InChI=1S/C39H43NO5/c1-42-37-21-18-32(24-38(37)44-28-31-12-6-3-7-13-31)36-26-35(25-33-14-8-9-23-40(33)36)45-39(41)22-17-29-15-19-34(20-16-29)43-27-30-10-4-2-5-11-30/h2-7,10-13,15-16,18-21,24,33,35-36H,8-9,14,17,22-23,25-28H2,1H3/p+1/t33-,35-,36+/m1/s1. The Balaban J connectivity index is 1.06. The summed E-state index contributed by atoms with van der Waals surface area (Å²) in [5, 5.41) is 0. The van der Waals surface area contributed by atoms with Crippen LogP contribution in [0.15, 0.2) is 103 Å². The zero-order valence-electron chi connectivity index (χ0n) is 26.2. The molecule has 2 saturated heterocycles. The van der Waals surface area contributed by atoms with Gasteiger partial charge in [-0.25, -0.2) is 0 Å². The summed E-state index contributed by atoms with van der Waals surface area (Å²) < 4.78 is 24.0. The maximum Gasteiger partial charge on any atom is 0.306 e. The highest BCUT2D eigenvalue weighted by atomic mass is 16.5. The van der Waals surface area contributed by atoms with Crippen LogP contribution < -0.4 is 19.1 Å². The van der Waals surface area contributed by atoms with Crippen molar-refractivity contribution < 1.29 is 28.6 Å². The van der Waals surface area contributed by atoms with Crippen LogP contribution in [0.2, 0.25) is 0 Å². The van der Waals surface area contributed by atoms with Crippen LogP contribution in [-0.4, -0.2) is 31.8 Å². The van der Waals surface area contributed by atoms with Crippen molar-refractivity contribution in [1.29, 1.82) is 0 Å². The third kappa shape index (κ3) is 8.25. The van der Waals surface area contributed by atoms with E-state index in [0.29, 0.717) is 32.1 Å². The first-order valence-electron chi connectivity index (χ1n) is 16.3. The first-order valence-corrected chi connectivity index (χ1v) is 16.3. The third-order valence-corrected chi connectivity index (χ3v) is 9.20. The van der Waals surface area contributed by atoms with E-state index in [2.05, 4.69) is 36.4 Å². The maximum atomic E-state index is 13.1. The molecule has 0 radical (unpaired) electrons. The van der Waals surface area contributed by atoms with E-state index in [1.165, 1.54) is 24.8 Å². The van der Waals surface area contributed by atoms with Gasteiger partial charge in [-0.05, 0) is 72.7 Å². The summed E-state index contributed by atoms with van der Waals surface area (Å²) in [6, 6.07) is 35.4. The van der Waals surface area contributed by atoms with Gasteiger partial charge < -0.3 is 23.8 Å². The van der Waals surface area contributed by atoms with Crippen molar-refractivity contribution in [2.45, 2.75) is 76.3 Å². The predicted octanol–water partition coefficient (Wildman–Crippen LogP) is 6.67.